The summed E-state index contributed by atoms with van der Waals surface area (Å²) in [6.45, 7) is 2.56. The summed E-state index contributed by atoms with van der Waals surface area (Å²) in [7, 11) is 0. The molecule has 6 nitrogen and oxygen atoms in total. The average Bonchev–Trinajstić information content (AvgIpc) is 2.40. The van der Waals surface area contributed by atoms with Crippen molar-refractivity contribution < 1.29 is 14.3 Å². The minimum Gasteiger partial charge on any atom is -0.491 e. The van der Waals surface area contributed by atoms with Crippen LogP contribution in [0.5, 0.6) is 5.75 Å². The second-order valence-corrected chi connectivity index (χ2v) is 4.65. The molecule has 0 heterocycles. The summed E-state index contributed by atoms with van der Waals surface area (Å²) in [4.78, 5) is 22.5. The molecule has 5 N–H and O–H groups in total. The van der Waals surface area contributed by atoms with Crippen molar-refractivity contribution in [2.45, 2.75) is 19.8 Å². The quantitative estimate of drug-likeness (QED) is 0.656. The maximum absolute atomic E-state index is 11.8. The molecule has 6 heteroatoms. The first-order valence-electron chi connectivity index (χ1n) is 6.53. The number of hydrogen-bond donors (Lipinski definition) is 3. The Morgan fingerprint density at radius 2 is 2.05 bits per heavy atom. The number of benzene rings is 1. The van der Waals surface area contributed by atoms with Crippen molar-refractivity contribution in [3.05, 3.63) is 24.3 Å². The van der Waals surface area contributed by atoms with E-state index in [-0.39, 0.29) is 24.9 Å². The van der Waals surface area contributed by atoms with Crippen molar-refractivity contribution in [1.29, 1.82) is 0 Å². The molecule has 110 valence electrons. The molecule has 20 heavy (non-hydrogen) atoms. The Bertz CT molecular complexity index is 463. The molecule has 1 aromatic carbocycles. The third-order valence-electron chi connectivity index (χ3n) is 2.70. The van der Waals surface area contributed by atoms with Crippen LogP contribution in [-0.4, -0.2) is 25.0 Å². The molecule has 0 fully saturated rings. The summed E-state index contributed by atoms with van der Waals surface area (Å²) < 4.78 is 5.44. The highest BCUT2D eigenvalue weighted by Gasteiger charge is 2.10. The molecule has 0 bridgehead atoms. The molecule has 0 spiro atoms. The molecular weight excluding hydrogens is 258 g/mol. The Balaban J connectivity index is 2.60. The van der Waals surface area contributed by atoms with Crippen LogP contribution in [0.4, 0.5) is 5.69 Å². The van der Waals surface area contributed by atoms with Gasteiger partial charge in [-0.2, -0.15) is 0 Å². The lowest BCUT2D eigenvalue weighted by Crippen LogP contribution is -2.20. The van der Waals surface area contributed by atoms with E-state index in [1.54, 1.807) is 24.3 Å². The van der Waals surface area contributed by atoms with Crippen molar-refractivity contribution in [1.82, 2.24) is 0 Å². The standard InChI is InChI=1S/C14H21N3O3/c1-10(9-15)8-14(19)17-11-4-2-3-5-12(11)20-7-6-13(16)18/h2-5,10H,6-9,15H2,1H3,(H2,16,18)(H,17,19). The number of nitrogens with one attached hydrogen (secondary N) is 1. The van der Waals surface area contributed by atoms with Crippen LogP contribution in [0.25, 0.3) is 0 Å². The second-order valence-electron chi connectivity index (χ2n) is 4.65. The lowest BCUT2D eigenvalue weighted by molar-refractivity contribution is -0.118. The predicted molar refractivity (Wildman–Crippen MR) is 77.2 cm³/mol. The molecule has 0 aliphatic carbocycles. The SMILES string of the molecule is CC(CN)CC(=O)Nc1ccccc1OCCC(N)=O. The number of nitrogens with two attached hydrogens (primary N) is 2. The van der Waals surface area contributed by atoms with Gasteiger partial charge in [0, 0.05) is 6.42 Å². The second kappa shape index (κ2) is 8.16. The summed E-state index contributed by atoms with van der Waals surface area (Å²) in [5, 5.41) is 2.78. The minimum absolute atomic E-state index is 0.117. The zero-order valence-electron chi connectivity index (χ0n) is 11.6. The Morgan fingerprint density at radius 3 is 2.70 bits per heavy atom. The third kappa shape index (κ3) is 5.71. The fourth-order valence-corrected chi connectivity index (χ4v) is 1.56. The number of anilines is 1. The van der Waals surface area contributed by atoms with Crippen molar-refractivity contribution in [3.8, 4) is 5.75 Å². The number of carbonyl (C=O) groups excluding carboxylic acids is 2. The Kier molecular flexibility index (Phi) is 6.52. The molecule has 2 amide bonds. The van der Waals surface area contributed by atoms with Crippen molar-refractivity contribution in [3.63, 3.8) is 0 Å². The first-order valence-corrected chi connectivity index (χ1v) is 6.53. The first kappa shape index (κ1) is 16.0. The molecule has 0 saturated carbocycles. The highest BCUT2D eigenvalue weighted by molar-refractivity contribution is 5.92. The summed E-state index contributed by atoms with van der Waals surface area (Å²) in [6.07, 6.45) is 0.485. The molecule has 1 rings (SSSR count). The van der Waals surface area contributed by atoms with Crippen molar-refractivity contribution >= 4 is 17.5 Å². The molecule has 0 saturated heterocycles. The van der Waals surface area contributed by atoms with Gasteiger partial charge in [0.25, 0.3) is 0 Å². The normalized spacial score (nSPS) is 11.7. The van der Waals surface area contributed by atoms with Crippen molar-refractivity contribution in [2.24, 2.45) is 17.4 Å². The number of primary amides is 1. The number of hydrogen-bond acceptors (Lipinski definition) is 4. The molecule has 1 unspecified atom stereocenters. The number of ether oxygens (including phenoxy) is 1. The smallest absolute Gasteiger partial charge is 0.224 e. The van der Waals surface area contributed by atoms with E-state index in [4.69, 9.17) is 16.2 Å². The Hall–Kier alpha value is -2.08. The largest absolute Gasteiger partial charge is 0.491 e. The average molecular weight is 279 g/mol. The summed E-state index contributed by atoms with van der Waals surface area (Å²) in [5.74, 6) is 0.0950. The molecule has 1 aromatic rings. The van der Waals surface area contributed by atoms with E-state index in [1.165, 1.54) is 0 Å². The van der Waals surface area contributed by atoms with Gasteiger partial charge in [0.15, 0.2) is 0 Å². The monoisotopic (exact) mass is 279 g/mol. The van der Waals surface area contributed by atoms with E-state index in [0.29, 0.717) is 24.4 Å². The van der Waals surface area contributed by atoms with Gasteiger partial charge in [-0.1, -0.05) is 19.1 Å². The van der Waals surface area contributed by atoms with Gasteiger partial charge in [-0.3, -0.25) is 9.59 Å². The Morgan fingerprint density at radius 1 is 1.35 bits per heavy atom. The fourth-order valence-electron chi connectivity index (χ4n) is 1.56. The van der Waals surface area contributed by atoms with Gasteiger partial charge in [-0.15, -0.1) is 0 Å². The van der Waals surface area contributed by atoms with E-state index in [0.717, 1.165) is 0 Å². The van der Waals surface area contributed by atoms with Crippen molar-refractivity contribution in [2.75, 3.05) is 18.5 Å². The zero-order chi connectivity index (χ0) is 15.0. The topological polar surface area (TPSA) is 107 Å². The molecule has 1 atom stereocenters. The minimum atomic E-state index is -0.428. The molecule has 0 aliphatic rings. The number of para-hydroxylation sites is 2. The molecule has 0 aliphatic heterocycles. The lowest BCUT2D eigenvalue weighted by atomic mass is 10.1. The van der Waals surface area contributed by atoms with Gasteiger partial charge >= 0.3 is 0 Å². The van der Waals surface area contributed by atoms with E-state index in [9.17, 15) is 9.59 Å². The van der Waals surface area contributed by atoms with Crippen LogP contribution in [-0.2, 0) is 9.59 Å². The van der Waals surface area contributed by atoms with Gasteiger partial charge in [0.1, 0.15) is 5.75 Å². The number of carbonyl (C=O) groups is 2. The van der Waals surface area contributed by atoms with Crippen LogP contribution in [0.3, 0.4) is 0 Å². The molecule has 0 radical (unpaired) electrons. The summed E-state index contributed by atoms with van der Waals surface area (Å²) in [5.41, 5.74) is 11.1. The molecular formula is C14H21N3O3. The maximum Gasteiger partial charge on any atom is 0.224 e. The highest BCUT2D eigenvalue weighted by Crippen LogP contribution is 2.24. The van der Waals surface area contributed by atoms with Gasteiger partial charge in [-0.25, -0.2) is 0 Å². The predicted octanol–water partition coefficient (Wildman–Crippen LogP) is 0.864. The zero-order valence-corrected chi connectivity index (χ0v) is 11.6. The van der Waals surface area contributed by atoms with Crippen LogP contribution in [0, 0.1) is 5.92 Å². The van der Waals surface area contributed by atoms with Gasteiger partial charge < -0.3 is 21.5 Å². The lowest BCUT2D eigenvalue weighted by Gasteiger charge is -2.13. The van der Waals surface area contributed by atoms with Crippen LogP contribution < -0.4 is 21.5 Å². The first-order chi connectivity index (χ1) is 9.52. The van der Waals surface area contributed by atoms with Crippen LogP contribution in [0.1, 0.15) is 19.8 Å². The van der Waals surface area contributed by atoms with Gasteiger partial charge in [0.2, 0.25) is 11.8 Å². The summed E-state index contributed by atoms with van der Waals surface area (Å²) in [6, 6.07) is 7.05. The van der Waals surface area contributed by atoms with E-state index >= 15 is 0 Å². The fraction of sp³-hybridized carbons (Fsp3) is 0.429. The Labute approximate surface area is 118 Å². The van der Waals surface area contributed by atoms with Gasteiger partial charge in [0.05, 0.1) is 18.7 Å². The molecule has 0 aromatic heterocycles. The number of rotatable bonds is 8. The number of amides is 2. The third-order valence-corrected chi connectivity index (χ3v) is 2.70. The van der Waals surface area contributed by atoms with E-state index in [1.807, 2.05) is 6.92 Å². The summed E-state index contributed by atoms with van der Waals surface area (Å²) >= 11 is 0. The highest BCUT2D eigenvalue weighted by atomic mass is 16.5. The van der Waals surface area contributed by atoms with E-state index < -0.39 is 5.91 Å². The van der Waals surface area contributed by atoms with Crippen LogP contribution in [0.15, 0.2) is 24.3 Å². The van der Waals surface area contributed by atoms with Crippen LogP contribution >= 0.6 is 0 Å². The van der Waals surface area contributed by atoms with E-state index in [2.05, 4.69) is 5.32 Å². The van der Waals surface area contributed by atoms with Crippen LogP contribution in [0.2, 0.25) is 0 Å². The van der Waals surface area contributed by atoms with Gasteiger partial charge in [-0.05, 0) is 24.6 Å². The maximum atomic E-state index is 11.8.